The lowest BCUT2D eigenvalue weighted by Crippen LogP contribution is -2.50. The highest BCUT2D eigenvalue weighted by Crippen LogP contribution is 2.11. The van der Waals surface area contributed by atoms with Crippen molar-refractivity contribution in [3.63, 3.8) is 0 Å². The van der Waals surface area contributed by atoms with Crippen LogP contribution in [0.25, 0.3) is 0 Å². The van der Waals surface area contributed by atoms with E-state index in [1.54, 1.807) is 0 Å². The van der Waals surface area contributed by atoms with Crippen LogP contribution in [0, 0.1) is 0 Å². The van der Waals surface area contributed by atoms with E-state index in [4.69, 9.17) is 14.2 Å². The number of rotatable bonds is 44. The third-order valence-corrected chi connectivity index (χ3v) is 10.6. The van der Waals surface area contributed by atoms with Gasteiger partial charge in [-0.3, -0.25) is 9.59 Å². The molecule has 0 rings (SSSR count). The Balaban J connectivity index is 4.47. The first-order valence-electron chi connectivity index (χ1n) is 25.6. The van der Waals surface area contributed by atoms with Gasteiger partial charge in [0.2, 0.25) is 0 Å². The number of likely N-dealkylation sites (N-methyl/N-ethyl adjacent to an activating group) is 1. The molecule has 2 atom stereocenters. The van der Waals surface area contributed by atoms with Gasteiger partial charge in [-0.15, -0.1) is 0 Å². The van der Waals surface area contributed by atoms with E-state index in [1.807, 2.05) is 21.1 Å². The van der Waals surface area contributed by atoms with Crippen LogP contribution in [0.3, 0.4) is 0 Å². The molecule has 66 heavy (non-hydrogen) atoms. The quantitative estimate of drug-likeness (QED) is 0.0281. The number of esters is 2. The van der Waals surface area contributed by atoms with Gasteiger partial charge in [-0.05, 0) is 116 Å². The Bertz CT molecular complexity index is 1490. The number of carbonyl (C=O) groups excluding carboxylic acids is 2. The molecule has 0 aliphatic heterocycles. The number of nitrogens with zero attached hydrogens (tertiary/aromatic N) is 1. The van der Waals surface area contributed by atoms with E-state index in [-0.39, 0.29) is 49.1 Å². The highest BCUT2D eigenvalue weighted by atomic mass is 16.6. The molecule has 0 heterocycles. The second-order valence-electron chi connectivity index (χ2n) is 17.7. The Morgan fingerprint density at radius 2 is 0.788 bits per heavy atom. The molecular weight excluding hydrogens is 823 g/mol. The summed E-state index contributed by atoms with van der Waals surface area (Å²) in [5.74, 6) is -1.59. The van der Waals surface area contributed by atoms with Gasteiger partial charge in [0.25, 0.3) is 0 Å². The highest BCUT2D eigenvalue weighted by molar-refractivity contribution is 5.72. The lowest BCUT2D eigenvalue weighted by atomic mass is 10.1. The van der Waals surface area contributed by atoms with E-state index in [2.05, 4.69) is 135 Å². The van der Waals surface area contributed by atoms with Crippen molar-refractivity contribution in [1.29, 1.82) is 0 Å². The first-order valence-corrected chi connectivity index (χ1v) is 25.6. The van der Waals surface area contributed by atoms with Crippen LogP contribution in [0.2, 0.25) is 0 Å². The molecule has 0 radical (unpaired) electrons. The summed E-state index contributed by atoms with van der Waals surface area (Å²) in [6.07, 6.45) is 66.8. The third kappa shape index (κ3) is 44.9. The summed E-state index contributed by atoms with van der Waals surface area (Å²) >= 11 is 0. The summed E-state index contributed by atoms with van der Waals surface area (Å²) in [5, 5.41) is 9.65. The lowest BCUT2D eigenvalue weighted by Gasteiger charge is -2.31. The molecular formula is C58H94NO7+. The van der Waals surface area contributed by atoms with E-state index < -0.39 is 18.1 Å². The minimum Gasteiger partial charge on any atom is -0.477 e. The minimum absolute atomic E-state index is 0.0208. The van der Waals surface area contributed by atoms with Crippen LogP contribution in [-0.4, -0.2) is 80.6 Å². The maximum atomic E-state index is 12.8. The van der Waals surface area contributed by atoms with Gasteiger partial charge in [-0.2, -0.15) is 0 Å². The molecule has 0 saturated carbocycles. The summed E-state index contributed by atoms with van der Waals surface area (Å²) < 4.78 is 17.2. The molecule has 0 bridgehead atoms. The van der Waals surface area contributed by atoms with Crippen LogP contribution < -0.4 is 0 Å². The molecule has 0 aromatic heterocycles. The Labute approximate surface area is 403 Å². The van der Waals surface area contributed by atoms with Crippen LogP contribution in [0.5, 0.6) is 0 Å². The largest absolute Gasteiger partial charge is 0.477 e. The molecule has 8 nitrogen and oxygen atoms in total. The van der Waals surface area contributed by atoms with Gasteiger partial charge in [-0.1, -0.05) is 161 Å². The van der Waals surface area contributed by atoms with Crippen molar-refractivity contribution in [1.82, 2.24) is 0 Å². The van der Waals surface area contributed by atoms with Crippen LogP contribution >= 0.6 is 0 Å². The fourth-order valence-electron chi connectivity index (χ4n) is 6.60. The number of ether oxygens (including phenoxy) is 3. The Morgan fingerprint density at radius 1 is 0.455 bits per heavy atom. The number of carboxylic acids is 1. The zero-order valence-corrected chi connectivity index (χ0v) is 42.3. The number of aliphatic carboxylic acids is 1. The molecule has 0 saturated heterocycles. The lowest BCUT2D eigenvalue weighted by molar-refractivity contribution is -0.887. The molecule has 1 N–H and O–H groups in total. The number of carbonyl (C=O) groups is 3. The average molecular weight is 917 g/mol. The predicted octanol–water partition coefficient (Wildman–Crippen LogP) is 15.0. The number of carboxylic acid groups (broad SMARTS) is 1. The Hall–Kier alpha value is -4.27. The van der Waals surface area contributed by atoms with Crippen molar-refractivity contribution in [2.45, 2.75) is 187 Å². The van der Waals surface area contributed by atoms with Gasteiger partial charge in [-0.25, -0.2) is 4.79 Å². The molecule has 2 unspecified atom stereocenters. The van der Waals surface area contributed by atoms with Gasteiger partial charge in [0.05, 0.1) is 34.4 Å². The SMILES string of the molecule is CCCCC/C=C/C/C=C/C/C=C/C/C=C/C/C=C/CCCCC(=O)OCC(COCCC(C(=O)O)[N+](C)(C)C)OC(=O)CCCC/C=C/C/C=C/C/C=C/C/C=C/C/C=C/CCCCC. The van der Waals surface area contributed by atoms with Gasteiger partial charge in [0, 0.05) is 19.3 Å². The summed E-state index contributed by atoms with van der Waals surface area (Å²) in [7, 11) is 5.49. The molecule has 372 valence electrons. The van der Waals surface area contributed by atoms with Crippen LogP contribution in [-0.2, 0) is 28.6 Å². The fourth-order valence-corrected chi connectivity index (χ4v) is 6.60. The number of hydrogen-bond acceptors (Lipinski definition) is 6. The van der Waals surface area contributed by atoms with Gasteiger partial charge in [0.15, 0.2) is 12.1 Å². The molecule has 0 aromatic rings. The maximum Gasteiger partial charge on any atom is 0.362 e. The highest BCUT2D eigenvalue weighted by Gasteiger charge is 2.31. The van der Waals surface area contributed by atoms with Crippen LogP contribution in [0.1, 0.15) is 174 Å². The second-order valence-corrected chi connectivity index (χ2v) is 17.7. The molecule has 0 aliphatic rings. The van der Waals surface area contributed by atoms with E-state index in [9.17, 15) is 19.5 Å². The Morgan fingerprint density at radius 3 is 1.12 bits per heavy atom. The van der Waals surface area contributed by atoms with Crippen molar-refractivity contribution < 1.29 is 38.2 Å². The standard InChI is InChI=1S/C58H93NO7/c1-6-8-10-12-14-16-18-20-22-24-26-28-30-32-34-36-38-40-42-44-46-48-56(60)65-53-54(52-64-51-50-55(58(62)63)59(3,4)5)66-57(61)49-47-45-43-41-39-37-35-33-31-29-27-25-23-21-19-17-15-13-11-9-7-2/h14-17,20-23,26-29,32-35,38-41,54-55H,6-13,18-19,24-25,30-31,36-37,42-53H2,1-5H3/p+1/b16-14+,17-15+,22-20+,23-21+,28-26+,29-27+,34-32+,35-33+,40-38+,41-39+. The topological polar surface area (TPSA) is 99.1 Å². The number of allylic oxidation sites excluding steroid dienone is 20. The average Bonchev–Trinajstić information content (AvgIpc) is 3.28. The monoisotopic (exact) mass is 917 g/mol. The first kappa shape index (κ1) is 61.7. The normalized spacial score (nSPS) is 13.9. The van der Waals surface area contributed by atoms with E-state index in [1.165, 1.54) is 51.4 Å². The second kappa shape index (κ2) is 47.2. The van der Waals surface area contributed by atoms with Gasteiger partial charge in [0.1, 0.15) is 6.61 Å². The zero-order chi connectivity index (χ0) is 48.4. The van der Waals surface area contributed by atoms with Crippen molar-refractivity contribution >= 4 is 17.9 Å². The van der Waals surface area contributed by atoms with Gasteiger partial charge >= 0.3 is 17.9 Å². The Kier molecular flexibility index (Phi) is 44.2. The van der Waals surface area contributed by atoms with E-state index >= 15 is 0 Å². The molecule has 8 heteroatoms. The van der Waals surface area contributed by atoms with Crippen LogP contribution in [0.4, 0.5) is 0 Å². The minimum atomic E-state index is -0.893. The first-order chi connectivity index (χ1) is 32.1. The maximum absolute atomic E-state index is 12.8. The third-order valence-electron chi connectivity index (χ3n) is 10.6. The van der Waals surface area contributed by atoms with E-state index in [0.717, 1.165) is 77.0 Å². The zero-order valence-electron chi connectivity index (χ0n) is 42.3. The van der Waals surface area contributed by atoms with E-state index in [0.29, 0.717) is 19.3 Å². The molecule has 0 fully saturated rings. The van der Waals surface area contributed by atoms with Gasteiger partial charge < -0.3 is 23.8 Å². The summed E-state index contributed by atoms with van der Waals surface area (Å²) in [4.78, 5) is 37.1. The molecule has 0 amide bonds. The smallest absolute Gasteiger partial charge is 0.362 e. The van der Waals surface area contributed by atoms with Crippen molar-refractivity contribution in [2.75, 3.05) is 41.0 Å². The molecule has 0 aromatic carbocycles. The number of unbranched alkanes of at least 4 members (excludes halogenated alkanes) is 10. The number of hydrogen-bond donors (Lipinski definition) is 1. The predicted molar refractivity (Wildman–Crippen MR) is 279 cm³/mol. The summed E-state index contributed by atoms with van der Waals surface area (Å²) in [5.41, 5.74) is 0. The number of quaternary nitrogens is 1. The molecule has 0 spiro atoms. The molecule has 0 aliphatic carbocycles. The summed E-state index contributed by atoms with van der Waals surface area (Å²) in [6.45, 7) is 4.57. The fraction of sp³-hybridized carbons (Fsp3) is 0.603. The summed E-state index contributed by atoms with van der Waals surface area (Å²) in [6, 6.07) is -0.638. The van der Waals surface area contributed by atoms with Crippen molar-refractivity contribution in [3.8, 4) is 0 Å². The van der Waals surface area contributed by atoms with Crippen LogP contribution in [0.15, 0.2) is 122 Å². The van der Waals surface area contributed by atoms with Crippen molar-refractivity contribution in [2.24, 2.45) is 0 Å². The van der Waals surface area contributed by atoms with Crippen molar-refractivity contribution in [3.05, 3.63) is 122 Å².